The second kappa shape index (κ2) is 6.94. The molecule has 0 bridgehead atoms. The first kappa shape index (κ1) is 23.0. The molecule has 3 rings (SSSR count). The molecular formula is C16H21NO14. The molecule has 12 N–H and O–H groups in total. The summed E-state index contributed by atoms with van der Waals surface area (Å²) in [6.45, 7) is 0. The fraction of sp³-hybridized carbons (Fsp3) is 0.562. The van der Waals surface area contributed by atoms with Crippen molar-refractivity contribution >= 4 is 5.91 Å². The summed E-state index contributed by atoms with van der Waals surface area (Å²) >= 11 is 0. The van der Waals surface area contributed by atoms with Gasteiger partial charge in [-0.05, 0) is 25.7 Å². The normalized spacial score (nSPS) is 25.5. The topological polar surface area (TPSA) is 270 Å². The number of aromatic hydroxyl groups is 3. The Bertz CT molecular complexity index is 901. The van der Waals surface area contributed by atoms with E-state index in [2.05, 4.69) is 4.74 Å². The lowest BCUT2D eigenvalue weighted by Gasteiger charge is -2.38. The number of hydrogen-bond donors (Lipinski definition) is 12. The molecule has 1 unspecified atom stereocenters. The van der Waals surface area contributed by atoms with Crippen molar-refractivity contribution in [2.75, 3.05) is 0 Å². The number of nitrogens with one attached hydrogen (secondary N) is 1. The van der Waals surface area contributed by atoms with E-state index in [-0.39, 0.29) is 0 Å². The maximum atomic E-state index is 11.8. The molecule has 2 aliphatic rings. The molecule has 15 heteroatoms. The van der Waals surface area contributed by atoms with Gasteiger partial charge in [-0.3, -0.25) is 10.1 Å². The van der Waals surface area contributed by atoms with Gasteiger partial charge in [-0.2, -0.15) is 0 Å². The van der Waals surface area contributed by atoms with Crippen LogP contribution < -0.4 is 14.8 Å². The molecule has 1 aromatic carbocycles. The van der Waals surface area contributed by atoms with Crippen molar-refractivity contribution in [3.63, 3.8) is 0 Å². The van der Waals surface area contributed by atoms with Crippen molar-refractivity contribution in [2.45, 2.75) is 55.2 Å². The largest absolute Gasteiger partial charge is 0.504 e. The van der Waals surface area contributed by atoms with Gasteiger partial charge in [0.1, 0.15) is 0 Å². The number of hydrogen-bond acceptors (Lipinski definition) is 14. The molecule has 2 fully saturated rings. The third kappa shape index (κ3) is 3.36. The lowest BCUT2D eigenvalue weighted by molar-refractivity contribution is -0.420. The van der Waals surface area contributed by atoms with Crippen LogP contribution in [0.2, 0.25) is 0 Å². The number of amides is 1. The highest BCUT2D eigenvalue weighted by Crippen LogP contribution is 2.60. The maximum absolute atomic E-state index is 11.8. The van der Waals surface area contributed by atoms with Gasteiger partial charge in [0.15, 0.2) is 11.5 Å². The Morgan fingerprint density at radius 1 is 0.871 bits per heavy atom. The highest BCUT2D eigenvalue weighted by Gasteiger charge is 2.76. The summed E-state index contributed by atoms with van der Waals surface area (Å²) in [4.78, 5) is 11.8. The van der Waals surface area contributed by atoms with Crippen molar-refractivity contribution < 1.29 is 70.4 Å². The number of phenols is 3. The molecule has 0 spiro atoms. The van der Waals surface area contributed by atoms with Crippen molar-refractivity contribution in [3.05, 3.63) is 5.56 Å². The molecule has 1 atom stereocenters. The predicted octanol–water partition coefficient (Wildman–Crippen LogP) is -4.27. The molecular weight excluding hydrogens is 430 g/mol. The standard InChI is InChI=1S/C16H21NO14/c18-7-6(13(22)14(23,24)12(21)17-15(13,25)26)8(19)10(30-5-3-1-2-4-5)11(9(7)20)31-16(27,28)29/h5,18-20,22-29H,1-4H2,(H,17,21). The van der Waals surface area contributed by atoms with Gasteiger partial charge in [0.25, 0.3) is 17.6 Å². The molecule has 31 heavy (non-hydrogen) atoms. The molecule has 1 aromatic rings. The SMILES string of the molecule is O=C1NC(O)(O)C(O)(c2c(O)c(O)c(OC(O)(O)O)c(OC3CCCC3)c2O)C1(O)O. The van der Waals surface area contributed by atoms with Crippen LogP contribution in [0.15, 0.2) is 0 Å². The third-order valence-electron chi connectivity index (χ3n) is 5.14. The Labute approximate surface area is 172 Å². The molecule has 1 aliphatic heterocycles. The minimum absolute atomic E-state index is 0.385. The highest BCUT2D eigenvalue weighted by atomic mass is 16.9. The summed E-state index contributed by atoms with van der Waals surface area (Å²) < 4.78 is 9.67. The van der Waals surface area contributed by atoms with Crippen molar-refractivity contribution in [3.8, 4) is 28.7 Å². The quantitative estimate of drug-likeness (QED) is 0.115. The van der Waals surface area contributed by atoms with Gasteiger partial charge < -0.3 is 65.6 Å². The van der Waals surface area contributed by atoms with E-state index in [1.807, 2.05) is 0 Å². The Morgan fingerprint density at radius 2 is 1.42 bits per heavy atom. The van der Waals surface area contributed by atoms with Crippen LogP contribution in [0.25, 0.3) is 0 Å². The molecule has 1 aliphatic carbocycles. The lowest BCUT2D eigenvalue weighted by atomic mass is 9.82. The number of aliphatic hydroxyl groups is 8. The summed E-state index contributed by atoms with van der Waals surface area (Å²) in [6, 6.07) is 0. The number of rotatable bonds is 5. The summed E-state index contributed by atoms with van der Waals surface area (Å²) in [6.07, 6.45) is -2.57. The first-order chi connectivity index (χ1) is 14.0. The third-order valence-corrected chi connectivity index (χ3v) is 5.14. The van der Waals surface area contributed by atoms with Gasteiger partial charge in [0, 0.05) is 0 Å². The van der Waals surface area contributed by atoms with E-state index in [9.17, 15) is 45.6 Å². The van der Waals surface area contributed by atoms with E-state index in [4.69, 9.17) is 20.1 Å². The molecule has 1 saturated heterocycles. The first-order valence-corrected chi connectivity index (χ1v) is 8.83. The van der Waals surface area contributed by atoms with E-state index in [0.717, 1.165) is 0 Å². The van der Waals surface area contributed by atoms with Crippen LogP contribution in [0.4, 0.5) is 0 Å². The van der Waals surface area contributed by atoms with Gasteiger partial charge in [-0.15, -0.1) is 0 Å². The van der Waals surface area contributed by atoms with Crippen molar-refractivity contribution in [2.24, 2.45) is 0 Å². The fourth-order valence-electron chi connectivity index (χ4n) is 3.62. The van der Waals surface area contributed by atoms with Crippen LogP contribution >= 0.6 is 0 Å². The molecule has 1 saturated carbocycles. The van der Waals surface area contributed by atoms with Crippen molar-refractivity contribution in [1.29, 1.82) is 0 Å². The summed E-state index contributed by atoms with van der Waals surface area (Å²) in [5, 5.41) is 110. The summed E-state index contributed by atoms with van der Waals surface area (Å²) in [5.41, 5.74) is -5.65. The summed E-state index contributed by atoms with van der Waals surface area (Å²) in [7, 11) is 0. The van der Waals surface area contributed by atoms with Crippen LogP contribution in [0, 0.1) is 0 Å². The minimum Gasteiger partial charge on any atom is -0.504 e. The van der Waals surface area contributed by atoms with E-state index < -0.39 is 69.8 Å². The molecule has 1 heterocycles. The van der Waals surface area contributed by atoms with Crippen LogP contribution in [-0.2, 0) is 10.4 Å². The van der Waals surface area contributed by atoms with Gasteiger partial charge in [0.05, 0.1) is 11.7 Å². The smallest absolute Gasteiger partial charge is 0.453 e. The first-order valence-electron chi connectivity index (χ1n) is 8.83. The Kier molecular flexibility index (Phi) is 5.16. The molecule has 1 amide bonds. The van der Waals surface area contributed by atoms with Crippen LogP contribution in [-0.4, -0.2) is 86.0 Å². The monoisotopic (exact) mass is 451 g/mol. The second-order valence-electron chi connectivity index (χ2n) is 7.29. The zero-order valence-corrected chi connectivity index (χ0v) is 15.5. The summed E-state index contributed by atoms with van der Waals surface area (Å²) in [5.74, 6) is -17.1. The fourth-order valence-corrected chi connectivity index (χ4v) is 3.62. The Balaban J connectivity index is 2.32. The molecule has 0 aromatic heterocycles. The predicted molar refractivity (Wildman–Crippen MR) is 90.7 cm³/mol. The number of ether oxygens (including phenoxy) is 2. The van der Waals surface area contributed by atoms with Crippen LogP contribution in [0.3, 0.4) is 0 Å². The number of benzene rings is 1. The Hall–Kier alpha value is -2.63. The van der Waals surface area contributed by atoms with E-state index in [1.165, 1.54) is 5.32 Å². The van der Waals surface area contributed by atoms with Gasteiger partial charge in [-0.1, -0.05) is 0 Å². The zero-order chi connectivity index (χ0) is 23.6. The molecule has 0 radical (unpaired) electrons. The van der Waals surface area contributed by atoms with Crippen LogP contribution in [0.5, 0.6) is 28.7 Å². The zero-order valence-electron chi connectivity index (χ0n) is 15.5. The second-order valence-corrected chi connectivity index (χ2v) is 7.29. The van der Waals surface area contributed by atoms with Crippen molar-refractivity contribution in [1.82, 2.24) is 5.32 Å². The van der Waals surface area contributed by atoms with Gasteiger partial charge in [-0.25, -0.2) is 0 Å². The highest BCUT2D eigenvalue weighted by molar-refractivity contribution is 5.90. The van der Waals surface area contributed by atoms with E-state index >= 15 is 0 Å². The van der Waals surface area contributed by atoms with E-state index in [0.29, 0.717) is 25.7 Å². The Morgan fingerprint density at radius 3 is 1.87 bits per heavy atom. The minimum atomic E-state index is -4.08. The molecule has 174 valence electrons. The molecule has 15 nitrogen and oxygen atoms in total. The van der Waals surface area contributed by atoms with Crippen LogP contribution in [0.1, 0.15) is 31.2 Å². The van der Waals surface area contributed by atoms with Gasteiger partial charge >= 0.3 is 6.16 Å². The number of carbonyl (C=O) groups excluding carboxylic acids is 1. The average Bonchev–Trinajstić information content (AvgIpc) is 3.17. The number of carbonyl (C=O) groups is 1. The maximum Gasteiger partial charge on any atom is 0.453 e. The number of phenolic OH excluding ortho intramolecular Hbond substituents is 3. The van der Waals surface area contributed by atoms with Gasteiger partial charge in [0.2, 0.25) is 22.8 Å². The lowest BCUT2D eigenvalue weighted by Crippen LogP contribution is -2.62. The average molecular weight is 451 g/mol. The van der Waals surface area contributed by atoms with E-state index in [1.54, 1.807) is 0 Å².